The first-order chi connectivity index (χ1) is 19.2. The Morgan fingerprint density at radius 1 is 1.05 bits per heavy atom. The summed E-state index contributed by atoms with van der Waals surface area (Å²) in [6.45, 7) is 5.63. The van der Waals surface area contributed by atoms with E-state index < -0.39 is 0 Å². The molecule has 4 heterocycles. The topological polar surface area (TPSA) is 160 Å². The van der Waals surface area contributed by atoms with Gasteiger partial charge in [-0.25, -0.2) is 25.5 Å². The minimum Gasteiger partial charge on any atom is -0.489 e. The number of hydrogen-bond donors (Lipinski definition) is 3. The van der Waals surface area contributed by atoms with Gasteiger partial charge in [0.2, 0.25) is 5.82 Å². The quantitative estimate of drug-likeness (QED) is 0.232. The molecule has 4 aromatic rings. The molecule has 202 valence electrons. The first-order valence-corrected chi connectivity index (χ1v) is 12.7. The molecule has 0 spiro atoms. The highest BCUT2D eigenvalue weighted by atomic mass is 16.5. The second-order valence-corrected chi connectivity index (χ2v) is 8.85. The van der Waals surface area contributed by atoms with Gasteiger partial charge in [0.25, 0.3) is 0 Å². The molecule has 0 unspecified atom stereocenters. The van der Waals surface area contributed by atoms with E-state index in [2.05, 4.69) is 40.4 Å². The summed E-state index contributed by atoms with van der Waals surface area (Å²) in [7, 11) is 0. The predicted octanol–water partition coefficient (Wildman–Crippen LogP) is 2.77. The molecule has 0 radical (unpaired) electrons. The lowest BCUT2D eigenvalue weighted by molar-refractivity contribution is 0.0322. The van der Waals surface area contributed by atoms with E-state index in [1.807, 2.05) is 24.3 Å². The van der Waals surface area contributed by atoms with Gasteiger partial charge in [0.05, 0.1) is 56.8 Å². The minimum absolute atomic E-state index is 0.00630. The molecule has 1 fully saturated rings. The number of hydrogen-bond acceptors (Lipinski definition) is 12. The van der Waals surface area contributed by atoms with Gasteiger partial charge in [0.15, 0.2) is 17.4 Å². The molecule has 1 aromatic carbocycles. The van der Waals surface area contributed by atoms with Crippen LogP contribution in [0.1, 0.15) is 5.56 Å². The van der Waals surface area contributed by atoms with E-state index in [-0.39, 0.29) is 12.4 Å². The first kappa shape index (κ1) is 26.3. The number of morpholine rings is 1. The summed E-state index contributed by atoms with van der Waals surface area (Å²) in [5.74, 6) is 1.81. The Morgan fingerprint density at radius 2 is 1.90 bits per heavy atom. The lowest BCUT2D eigenvalue weighted by Gasteiger charge is -2.26. The summed E-state index contributed by atoms with van der Waals surface area (Å²) in [6, 6.07) is 7.87. The Bertz CT molecular complexity index is 1370. The average Bonchev–Trinajstić information content (AvgIpc) is 3.46. The van der Waals surface area contributed by atoms with Gasteiger partial charge >= 0.3 is 0 Å². The standard InChI is InChI=1S/C26H30N10O3/c27-34-26-25(33-23(17-31-26)21-14-32-36(18-21)4-8-37)28-13-19-2-1-3-20(12-19)24-29-15-22(16-30-24)39-11-7-35-5-9-38-10-6-35/h1-3,12,14-18,27,37H,4-11,13H2,(H,28,33). The van der Waals surface area contributed by atoms with Gasteiger partial charge in [0, 0.05) is 43.5 Å². The zero-order valence-electron chi connectivity index (χ0n) is 21.4. The van der Waals surface area contributed by atoms with Crippen molar-refractivity contribution in [1.82, 2.24) is 34.6 Å². The molecule has 0 bridgehead atoms. The molecule has 1 aliphatic rings. The molecule has 5 rings (SSSR count). The van der Waals surface area contributed by atoms with Crippen molar-refractivity contribution in [3.05, 3.63) is 60.8 Å². The summed E-state index contributed by atoms with van der Waals surface area (Å²) in [6.07, 6.45) is 8.37. The number of aromatic nitrogens is 6. The van der Waals surface area contributed by atoms with Gasteiger partial charge in [-0.05, 0) is 11.6 Å². The van der Waals surface area contributed by atoms with E-state index in [9.17, 15) is 0 Å². The summed E-state index contributed by atoms with van der Waals surface area (Å²) in [5.41, 5.74) is 10.6. The highest BCUT2D eigenvalue weighted by Gasteiger charge is 2.12. The molecule has 39 heavy (non-hydrogen) atoms. The van der Waals surface area contributed by atoms with Crippen LogP contribution in [-0.4, -0.2) is 85.8 Å². The number of nitrogens with one attached hydrogen (secondary N) is 2. The minimum atomic E-state index is -0.00630. The largest absolute Gasteiger partial charge is 0.489 e. The molecule has 3 aromatic heterocycles. The molecule has 13 heteroatoms. The van der Waals surface area contributed by atoms with Gasteiger partial charge in [-0.2, -0.15) is 5.10 Å². The molecule has 0 saturated carbocycles. The van der Waals surface area contributed by atoms with Gasteiger partial charge < -0.3 is 19.9 Å². The number of rotatable bonds is 12. The Kier molecular flexibility index (Phi) is 8.73. The maximum absolute atomic E-state index is 9.12. The van der Waals surface area contributed by atoms with Crippen LogP contribution in [0.3, 0.4) is 0 Å². The monoisotopic (exact) mass is 530 g/mol. The number of ether oxygens (including phenoxy) is 2. The fourth-order valence-corrected chi connectivity index (χ4v) is 4.11. The third kappa shape index (κ3) is 6.96. The van der Waals surface area contributed by atoms with Crippen LogP contribution in [0.15, 0.2) is 60.4 Å². The molecule has 0 aliphatic carbocycles. The molecule has 0 amide bonds. The van der Waals surface area contributed by atoms with Gasteiger partial charge in [-0.3, -0.25) is 9.58 Å². The van der Waals surface area contributed by atoms with Crippen LogP contribution in [0.5, 0.6) is 5.75 Å². The Hall–Kier alpha value is -4.33. The highest BCUT2D eigenvalue weighted by Crippen LogP contribution is 2.25. The SMILES string of the molecule is N=Nc1ncc(-c2cnn(CCO)c2)nc1NCc1cccc(-c2ncc(OCCN3CCOCC3)cn2)c1. The lowest BCUT2D eigenvalue weighted by Crippen LogP contribution is -2.38. The smallest absolute Gasteiger partial charge is 0.216 e. The summed E-state index contributed by atoms with van der Waals surface area (Å²) in [5, 5.41) is 20.1. The second-order valence-electron chi connectivity index (χ2n) is 8.85. The van der Waals surface area contributed by atoms with Crippen LogP contribution in [0.4, 0.5) is 11.6 Å². The molecule has 0 atom stereocenters. The van der Waals surface area contributed by atoms with Crippen molar-refractivity contribution < 1.29 is 14.6 Å². The van der Waals surface area contributed by atoms with Crippen molar-refractivity contribution >= 4 is 11.6 Å². The van der Waals surface area contributed by atoms with Crippen molar-refractivity contribution in [2.24, 2.45) is 5.11 Å². The van der Waals surface area contributed by atoms with Gasteiger partial charge in [0.1, 0.15) is 6.61 Å². The van der Waals surface area contributed by atoms with Crippen molar-refractivity contribution in [3.8, 4) is 28.4 Å². The third-order valence-corrected chi connectivity index (χ3v) is 6.17. The fraction of sp³-hybridized carbons (Fsp3) is 0.346. The first-order valence-electron chi connectivity index (χ1n) is 12.7. The highest BCUT2D eigenvalue weighted by molar-refractivity contribution is 5.64. The Labute approximate surface area is 225 Å². The molecule has 13 nitrogen and oxygen atoms in total. The summed E-state index contributed by atoms with van der Waals surface area (Å²) >= 11 is 0. The summed E-state index contributed by atoms with van der Waals surface area (Å²) in [4.78, 5) is 20.1. The van der Waals surface area contributed by atoms with Crippen LogP contribution in [0.25, 0.3) is 22.6 Å². The third-order valence-electron chi connectivity index (χ3n) is 6.17. The lowest BCUT2D eigenvalue weighted by atomic mass is 10.1. The maximum atomic E-state index is 9.12. The van der Waals surface area contributed by atoms with E-state index in [0.29, 0.717) is 42.8 Å². The van der Waals surface area contributed by atoms with Crippen LogP contribution in [0.2, 0.25) is 0 Å². The molecule has 1 aliphatic heterocycles. The van der Waals surface area contributed by atoms with Crippen molar-refractivity contribution in [3.63, 3.8) is 0 Å². The zero-order valence-corrected chi connectivity index (χ0v) is 21.4. The van der Waals surface area contributed by atoms with Crippen LogP contribution >= 0.6 is 0 Å². The van der Waals surface area contributed by atoms with Crippen LogP contribution in [0, 0.1) is 5.53 Å². The summed E-state index contributed by atoms with van der Waals surface area (Å²) < 4.78 is 12.8. The van der Waals surface area contributed by atoms with E-state index in [0.717, 1.165) is 49.5 Å². The number of aliphatic hydroxyl groups excluding tert-OH is 1. The molecular weight excluding hydrogens is 500 g/mol. The number of benzene rings is 1. The molecule has 3 N–H and O–H groups in total. The zero-order chi connectivity index (χ0) is 26.9. The van der Waals surface area contributed by atoms with E-state index in [4.69, 9.17) is 20.1 Å². The Balaban J connectivity index is 1.21. The van der Waals surface area contributed by atoms with Crippen LogP contribution in [-0.2, 0) is 17.8 Å². The van der Waals surface area contributed by atoms with Crippen molar-refractivity contribution in [2.75, 3.05) is 51.4 Å². The van der Waals surface area contributed by atoms with E-state index in [1.54, 1.807) is 35.7 Å². The van der Waals surface area contributed by atoms with Crippen molar-refractivity contribution in [2.45, 2.75) is 13.1 Å². The number of nitrogens with zero attached hydrogens (tertiary/aromatic N) is 8. The van der Waals surface area contributed by atoms with E-state index >= 15 is 0 Å². The van der Waals surface area contributed by atoms with Crippen molar-refractivity contribution in [1.29, 1.82) is 5.53 Å². The van der Waals surface area contributed by atoms with Gasteiger partial charge in [-0.1, -0.05) is 18.2 Å². The number of anilines is 1. The van der Waals surface area contributed by atoms with Crippen LogP contribution < -0.4 is 10.1 Å². The second kappa shape index (κ2) is 13.0. The number of aliphatic hydroxyl groups is 1. The maximum Gasteiger partial charge on any atom is 0.216 e. The molecular formula is C26H30N10O3. The average molecular weight is 531 g/mol. The van der Waals surface area contributed by atoms with Gasteiger partial charge in [-0.15, -0.1) is 5.11 Å². The predicted molar refractivity (Wildman–Crippen MR) is 143 cm³/mol. The molecule has 1 saturated heterocycles. The Morgan fingerprint density at radius 3 is 2.69 bits per heavy atom. The van der Waals surface area contributed by atoms with E-state index in [1.165, 1.54) is 0 Å². The normalized spacial score (nSPS) is 13.8. The fourth-order valence-electron chi connectivity index (χ4n) is 4.11.